The monoisotopic (exact) mass is 312 g/mol. The topological polar surface area (TPSA) is 59.2 Å². The van der Waals surface area contributed by atoms with Crippen LogP contribution in [0.25, 0.3) is 0 Å². The Morgan fingerprint density at radius 2 is 1.73 bits per heavy atom. The van der Waals surface area contributed by atoms with Gasteiger partial charge in [0.25, 0.3) is 0 Å². The fourth-order valence-electron chi connectivity index (χ4n) is 2.11. The summed E-state index contributed by atoms with van der Waals surface area (Å²) in [6.07, 6.45) is 0.640. The second kappa shape index (κ2) is 6.66. The lowest BCUT2D eigenvalue weighted by Gasteiger charge is -2.02. The Bertz CT molecular complexity index is 771. The molecule has 3 rings (SSSR count). The molecule has 0 aliphatic rings. The van der Waals surface area contributed by atoms with Crippen molar-refractivity contribution in [1.82, 2.24) is 10.2 Å². The largest absolute Gasteiger partial charge is 0.507 e. The fraction of sp³-hybridized carbons (Fsp3) is 0.176. The number of thioether (sulfide) groups is 1. The normalized spacial score (nSPS) is 10.8. The van der Waals surface area contributed by atoms with Gasteiger partial charge in [0.1, 0.15) is 5.75 Å². The molecule has 2 aromatic carbocycles. The Kier molecular flexibility index (Phi) is 4.44. The summed E-state index contributed by atoms with van der Waals surface area (Å²) in [5.74, 6) is 1.99. The Hall–Kier alpha value is -2.27. The molecular weight excluding hydrogens is 296 g/mol. The minimum absolute atomic E-state index is 0.271. The van der Waals surface area contributed by atoms with Crippen LogP contribution in [0.2, 0.25) is 0 Å². The molecule has 0 saturated carbocycles. The average Bonchev–Trinajstić information content (AvgIpc) is 2.96. The summed E-state index contributed by atoms with van der Waals surface area (Å²) in [7, 11) is 0. The van der Waals surface area contributed by atoms with E-state index in [1.165, 1.54) is 22.9 Å². The number of rotatable bonds is 5. The van der Waals surface area contributed by atoms with Gasteiger partial charge in [-0.1, -0.05) is 36.4 Å². The number of aryl methyl sites for hydroxylation is 1. The Labute approximate surface area is 133 Å². The van der Waals surface area contributed by atoms with E-state index in [0.717, 1.165) is 4.90 Å². The van der Waals surface area contributed by atoms with Gasteiger partial charge in [-0.05, 0) is 30.2 Å². The van der Waals surface area contributed by atoms with Crippen molar-refractivity contribution in [3.63, 3.8) is 0 Å². The summed E-state index contributed by atoms with van der Waals surface area (Å²) in [4.78, 5) is 0.807. The highest BCUT2D eigenvalue weighted by Gasteiger charge is 2.09. The van der Waals surface area contributed by atoms with Crippen molar-refractivity contribution in [2.75, 3.05) is 0 Å². The maximum atomic E-state index is 9.73. The standard InChI is InChI=1S/C17H16N2O2S/c1-12-6-2-3-7-13(12)10-16-18-19-17(21-16)11-22-15-9-5-4-8-14(15)20/h2-9,20H,10-11H2,1H3. The van der Waals surface area contributed by atoms with E-state index in [9.17, 15) is 5.11 Å². The van der Waals surface area contributed by atoms with E-state index >= 15 is 0 Å². The average molecular weight is 312 g/mol. The summed E-state index contributed by atoms with van der Waals surface area (Å²) >= 11 is 1.48. The first-order valence-electron chi connectivity index (χ1n) is 6.99. The molecule has 22 heavy (non-hydrogen) atoms. The molecule has 112 valence electrons. The summed E-state index contributed by atoms with van der Waals surface area (Å²) in [6.45, 7) is 2.07. The Balaban J connectivity index is 1.64. The van der Waals surface area contributed by atoms with Gasteiger partial charge in [-0.15, -0.1) is 22.0 Å². The second-order valence-corrected chi connectivity index (χ2v) is 5.97. The summed E-state index contributed by atoms with van der Waals surface area (Å²) in [5, 5.41) is 17.9. The molecule has 0 spiro atoms. The number of aromatic hydroxyl groups is 1. The van der Waals surface area contributed by atoms with Crippen LogP contribution in [0.5, 0.6) is 5.75 Å². The van der Waals surface area contributed by atoms with Crippen LogP contribution in [0.15, 0.2) is 57.8 Å². The first-order chi connectivity index (χ1) is 10.7. The molecule has 1 N–H and O–H groups in total. The first-order valence-corrected chi connectivity index (χ1v) is 7.97. The number of nitrogens with zero attached hydrogens (tertiary/aromatic N) is 2. The molecule has 4 nitrogen and oxygen atoms in total. The molecule has 0 unspecified atom stereocenters. The SMILES string of the molecule is Cc1ccccc1Cc1nnc(CSc2ccccc2O)o1. The molecule has 5 heteroatoms. The second-order valence-electron chi connectivity index (χ2n) is 4.95. The maximum Gasteiger partial charge on any atom is 0.226 e. The summed E-state index contributed by atoms with van der Waals surface area (Å²) in [5.41, 5.74) is 2.40. The van der Waals surface area contributed by atoms with E-state index in [2.05, 4.69) is 29.3 Å². The third-order valence-corrected chi connectivity index (χ3v) is 4.38. The molecule has 0 bridgehead atoms. The fourth-order valence-corrected chi connectivity index (χ4v) is 2.89. The molecule has 0 amide bonds. The zero-order chi connectivity index (χ0) is 15.4. The van der Waals surface area contributed by atoms with Crippen LogP contribution in [-0.4, -0.2) is 15.3 Å². The van der Waals surface area contributed by atoms with Gasteiger partial charge in [-0.3, -0.25) is 0 Å². The van der Waals surface area contributed by atoms with Crippen molar-refractivity contribution < 1.29 is 9.52 Å². The molecule has 0 aliphatic heterocycles. The highest BCUT2D eigenvalue weighted by atomic mass is 32.2. The van der Waals surface area contributed by atoms with Gasteiger partial charge >= 0.3 is 0 Å². The van der Waals surface area contributed by atoms with Crippen molar-refractivity contribution in [3.8, 4) is 5.75 Å². The van der Waals surface area contributed by atoms with Gasteiger partial charge in [0.05, 0.1) is 12.2 Å². The van der Waals surface area contributed by atoms with E-state index in [1.54, 1.807) is 12.1 Å². The van der Waals surface area contributed by atoms with E-state index in [-0.39, 0.29) is 5.75 Å². The smallest absolute Gasteiger partial charge is 0.226 e. The van der Waals surface area contributed by atoms with Crippen LogP contribution in [0.3, 0.4) is 0 Å². The minimum atomic E-state index is 0.271. The minimum Gasteiger partial charge on any atom is -0.507 e. The summed E-state index contributed by atoms with van der Waals surface area (Å²) < 4.78 is 5.68. The first kappa shape index (κ1) is 14.7. The molecule has 3 aromatic rings. The van der Waals surface area contributed by atoms with Crippen LogP contribution in [0, 0.1) is 6.92 Å². The zero-order valence-electron chi connectivity index (χ0n) is 12.2. The van der Waals surface area contributed by atoms with E-state index < -0.39 is 0 Å². The summed E-state index contributed by atoms with van der Waals surface area (Å²) in [6, 6.07) is 15.4. The van der Waals surface area contributed by atoms with Crippen molar-refractivity contribution in [2.45, 2.75) is 24.0 Å². The predicted octanol–water partition coefficient (Wildman–Crippen LogP) is 3.97. The van der Waals surface area contributed by atoms with Crippen molar-refractivity contribution in [2.24, 2.45) is 0 Å². The highest BCUT2D eigenvalue weighted by Crippen LogP contribution is 2.30. The van der Waals surface area contributed by atoms with Gasteiger partial charge < -0.3 is 9.52 Å². The Morgan fingerprint density at radius 1 is 1.00 bits per heavy atom. The lowest BCUT2D eigenvalue weighted by molar-refractivity contribution is 0.462. The van der Waals surface area contributed by atoms with Gasteiger partial charge in [-0.2, -0.15) is 0 Å². The van der Waals surface area contributed by atoms with Gasteiger partial charge in [0.15, 0.2) is 0 Å². The van der Waals surface area contributed by atoms with Crippen LogP contribution < -0.4 is 0 Å². The Morgan fingerprint density at radius 3 is 2.55 bits per heavy atom. The highest BCUT2D eigenvalue weighted by molar-refractivity contribution is 7.98. The molecule has 0 aliphatic carbocycles. The molecule has 0 radical (unpaired) electrons. The van der Waals surface area contributed by atoms with Gasteiger partial charge in [0, 0.05) is 4.90 Å². The molecule has 0 saturated heterocycles. The maximum absolute atomic E-state index is 9.73. The number of hydrogen-bond donors (Lipinski definition) is 1. The van der Waals surface area contributed by atoms with Crippen molar-refractivity contribution in [3.05, 3.63) is 71.4 Å². The number of aromatic nitrogens is 2. The zero-order valence-corrected chi connectivity index (χ0v) is 13.0. The van der Waals surface area contributed by atoms with Crippen molar-refractivity contribution >= 4 is 11.8 Å². The van der Waals surface area contributed by atoms with Gasteiger partial charge in [-0.25, -0.2) is 0 Å². The molecule has 1 aromatic heterocycles. The number of benzene rings is 2. The lowest BCUT2D eigenvalue weighted by atomic mass is 10.1. The number of para-hydroxylation sites is 1. The number of phenols is 1. The lowest BCUT2D eigenvalue weighted by Crippen LogP contribution is -1.91. The van der Waals surface area contributed by atoms with Gasteiger partial charge in [0.2, 0.25) is 11.8 Å². The van der Waals surface area contributed by atoms with Crippen LogP contribution in [-0.2, 0) is 12.2 Å². The van der Waals surface area contributed by atoms with E-state index in [0.29, 0.717) is 24.0 Å². The predicted molar refractivity (Wildman–Crippen MR) is 86.0 cm³/mol. The molecule has 0 fully saturated rings. The third kappa shape index (κ3) is 3.49. The number of phenolic OH excluding ortho intramolecular Hbond substituents is 1. The van der Waals surface area contributed by atoms with E-state index in [4.69, 9.17) is 4.42 Å². The van der Waals surface area contributed by atoms with Crippen LogP contribution in [0.1, 0.15) is 22.9 Å². The van der Waals surface area contributed by atoms with Crippen molar-refractivity contribution in [1.29, 1.82) is 0 Å². The quantitative estimate of drug-likeness (QED) is 0.722. The number of hydrogen-bond acceptors (Lipinski definition) is 5. The molecular formula is C17H16N2O2S. The molecule has 0 atom stereocenters. The van der Waals surface area contributed by atoms with Crippen LogP contribution in [0.4, 0.5) is 0 Å². The third-order valence-electron chi connectivity index (χ3n) is 3.33. The molecule has 1 heterocycles. The van der Waals surface area contributed by atoms with E-state index in [1.807, 2.05) is 24.3 Å². The van der Waals surface area contributed by atoms with Crippen LogP contribution >= 0.6 is 11.8 Å².